The van der Waals surface area contributed by atoms with Gasteiger partial charge in [-0.25, -0.2) is 13.3 Å². The molecule has 6 nitrogen and oxygen atoms in total. The third-order valence-corrected chi connectivity index (χ3v) is 9.56. The number of ether oxygens (including phenoxy) is 1. The fraction of sp³-hybridized carbons (Fsp3) is 0.379. The number of nitrogens with zero attached hydrogens (tertiary/aromatic N) is 2. The number of alkyl halides is 3. The fourth-order valence-electron chi connectivity index (χ4n) is 5.67. The summed E-state index contributed by atoms with van der Waals surface area (Å²) in [6.45, 7) is 0. The van der Waals surface area contributed by atoms with Crippen molar-refractivity contribution in [3.05, 3.63) is 83.9 Å². The lowest BCUT2D eigenvalue weighted by Crippen LogP contribution is -2.52. The van der Waals surface area contributed by atoms with Gasteiger partial charge in [-0.05, 0) is 73.2 Å². The number of aliphatic hydroxyl groups is 1. The van der Waals surface area contributed by atoms with Crippen LogP contribution in [-0.4, -0.2) is 40.9 Å². The first-order chi connectivity index (χ1) is 18.7. The van der Waals surface area contributed by atoms with E-state index in [1.54, 1.807) is 0 Å². The molecule has 1 aliphatic carbocycles. The Balaban J connectivity index is 1.47. The van der Waals surface area contributed by atoms with E-state index in [1.165, 1.54) is 30.3 Å². The lowest BCUT2D eigenvalue weighted by Gasteiger charge is -2.39. The number of anilines is 2. The maximum Gasteiger partial charge on any atom is 0.573 e. The van der Waals surface area contributed by atoms with Crippen LogP contribution in [0.4, 0.5) is 24.5 Å². The number of para-hydroxylation sites is 2. The Kier molecular flexibility index (Phi) is 7.89. The quantitative estimate of drug-likeness (QED) is 0.368. The fourth-order valence-corrected chi connectivity index (χ4v) is 7.29. The molecule has 0 aromatic heterocycles. The monoisotopic (exact) mass is 559 g/mol. The van der Waals surface area contributed by atoms with Crippen molar-refractivity contribution in [2.75, 3.05) is 11.9 Å². The normalized spacial score (nSPS) is 23.0. The molecule has 0 radical (unpaired) electrons. The standard InChI is InChI=1S/C29H32F3N3O3S/c1-33-39(37,23-18-16-22(17-19-23)38-29(30,31)32)34-24-10-4-7-13-27(28(24)36)35-25-11-5-2-8-20(25)14-15-21-9-3-6-12-26(21)35/h2-3,5-6,8-9,11-12,16-19,24,27-28,36H,4,7,10,13-15H2,1H3,(H,33,34,37)/t24-,27+,28-,39?/m0/s1. The third kappa shape index (κ3) is 5.92. The number of nitrogens with one attached hydrogen (secondary N) is 1. The first kappa shape index (κ1) is 27.5. The Morgan fingerprint density at radius 1 is 0.923 bits per heavy atom. The maximum atomic E-state index is 13.9. The van der Waals surface area contributed by atoms with Crippen LogP contribution in [0.15, 0.2) is 82.1 Å². The van der Waals surface area contributed by atoms with Gasteiger partial charge in [-0.15, -0.1) is 13.2 Å². The summed E-state index contributed by atoms with van der Waals surface area (Å²) in [6, 6.07) is 20.5. The number of halogens is 3. The summed E-state index contributed by atoms with van der Waals surface area (Å²) in [5.74, 6) is -0.405. The molecule has 1 unspecified atom stereocenters. The minimum atomic E-state index is -4.82. The van der Waals surface area contributed by atoms with E-state index in [0.29, 0.717) is 6.42 Å². The first-order valence-electron chi connectivity index (χ1n) is 13.1. The number of rotatable bonds is 5. The van der Waals surface area contributed by atoms with E-state index in [9.17, 15) is 22.5 Å². The molecule has 1 heterocycles. The Hall–Kier alpha value is -3.08. The highest BCUT2D eigenvalue weighted by molar-refractivity contribution is 7.91. The number of fused-ring (bicyclic) bond motifs is 2. The number of hydrogen-bond acceptors (Lipinski definition) is 5. The highest BCUT2D eigenvalue weighted by Gasteiger charge is 2.38. The topological polar surface area (TPSA) is 74.2 Å². The minimum Gasteiger partial charge on any atom is -0.406 e. The molecule has 3 aromatic rings. The molecule has 39 heavy (non-hydrogen) atoms. The van der Waals surface area contributed by atoms with Crippen LogP contribution in [-0.2, 0) is 22.8 Å². The molecule has 1 saturated carbocycles. The van der Waals surface area contributed by atoms with Crippen molar-refractivity contribution in [3.63, 3.8) is 0 Å². The van der Waals surface area contributed by atoms with E-state index in [4.69, 9.17) is 0 Å². The van der Waals surface area contributed by atoms with Crippen molar-refractivity contribution in [1.29, 1.82) is 0 Å². The van der Waals surface area contributed by atoms with Crippen molar-refractivity contribution in [1.82, 2.24) is 4.72 Å². The van der Waals surface area contributed by atoms with Gasteiger partial charge in [0.1, 0.15) is 15.7 Å². The second-order valence-electron chi connectivity index (χ2n) is 9.92. The summed E-state index contributed by atoms with van der Waals surface area (Å²) in [5, 5.41) is 11.9. The van der Waals surface area contributed by atoms with Gasteiger partial charge in [0.2, 0.25) is 0 Å². The summed E-state index contributed by atoms with van der Waals surface area (Å²) in [6.07, 6.45) is -0.890. The van der Waals surface area contributed by atoms with Crippen LogP contribution in [0, 0.1) is 0 Å². The van der Waals surface area contributed by atoms with Crippen molar-refractivity contribution < 1.29 is 27.2 Å². The van der Waals surface area contributed by atoms with Gasteiger partial charge in [0.15, 0.2) is 0 Å². The Morgan fingerprint density at radius 3 is 2.05 bits per heavy atom. The molecule has 2 N–H and O–H groups in total. The van der Waals surface area contributed by atoms with Gasteiger partial charge in [0, 0.05) is 24.5 Å². The van der Waals surface area contributed by atoms with Gasteiger partial charge in [-0.2, -0.15) is 0 Å². The molecule has 0 saturated heterocycles. The van der Waals surface area contributed by atoms with Crippen LogP contribution in [0.3, 0.4) is 0 Å². The minimum absolute atomic E-state index is 0.220. The van der Waals surface area contributed by atoms with Crippen LogP contribution < -0.4 is 14.4 Å². The van der Waals surface area contributed by atoms with E-state index < -0.39 is 34.2 Å². The zero-order valence-electron chi connectivity index (χ0n) is 21.6. The summed E-state index contributed by atoms with van der Waals surface area (Å²) in [7, 11) is -1.84. The molecule has 0 bridgehead atoms. The molecular weight excluding hydrogens is 527 g/mol. The van der Waals surface area contributed by atoms with Crippen molar-refractivity contribution in [2.45, 2.75) is 68.0 Å². The lowest BCUT2D eigenvalue weighted by molar-refractivity contribution is -0.274. The average Bonchev–Trinajstić information content (AvgIpc) is 3.19. The van der Waals surface area contributed by atoms with E-state index in [2.05, 4.69) is 43.0 Å². The first-order valence-corrected chi connectivity index (χ1v) is 14.6. The van der Waals surface area contributed by atoms with Crippen LogP contribution in [0.2, 0.25) is 0 Å². The maximum absolute atomic E-state index is 13.9. The molecule has 1 fully saturated rings. The SMILES string of the molecule is CN=S(=O)(N[C@H]1CCCC[C@@H](N2c3ccccc3CCc3ccccc32)[C@H]1O)c1ccc(OC(F)(F)F)cc1. The van der Waals surface area contributed by atoms with Crippen molar-refractivity contribution in [2.24, 2.45) is 4.36 Å². The van der Waals surface area contributed by atoms with Crippen molar-refractivity contribution in [3.8, 4) is 5.75 Å². The van der Waals surface area contributed by atoms with E-state index >= 15 is 0 Å². The second-order valence-corrected chi connectivity index (χ2v) is 12.0. The summed E-state index contributed by atoms with van der Waals surface area (Å²) in [4.78, 5) is 2.47. The molecule has 208 valence electrons. The molecule has 10 heteroatoms. The van der Waals surface area contributed by atoms with Gasteiger partial charge in [-0.3, -0.25) is 0 Å². The number of hydrogen-bond donors (Lipinski definition) is 2. The Labute approximate surface area is 227 Å². The molecule has 2 aliphatic rings. The van der Waals surface area contributed by atoms with E-state index in [-0.39, 0.29) is 10.9 Å². The second kappa shape index (κ2) is 11.2. The van der Waals surface area contributed by atoms with Gasteiger partial charge in [0.25, 0.3) is 0 Å². The molecule has 1 aliphatic heterocycles. The van der Waals surface area contributed by atoms with E-state index in [0.717, 1.165) is 55.6 Å². The lowest BCUT2D eigenvalue weighted by atomic mass is 9.98. The Bertz CT molecular complexity index is 1370. The largest absolute Gasteiger partial charge is 0.573 e. The van der Waals surface area contributed by atoms with Crippen LogP contribution in [0.1, 0.15) is 36.8 Å². The molecule has 0 spiro atoms. The number of benzene rings is 3. The van der Waals surface area contributed by atoms with Crippen LogP contribution >= 0.6 is 0 Å². The summed E-state index contributed by atoms with van der Waals surface area (Å²) < 4.78 is 62.9. The Morgan fingerprint density at radius 2 is 1.49 bits per heavy atom. The van der Waals surface area contributed by atoms with Crippen molar-refractivity contribution >= 4 is 21.3 Å². The molecule has 4 atom stereocenters. The molecular formula is C29H32F3N3O3S. The number of aryl methyl sites for hydroxylation is 2. The van der Waals surface area contributed by atoms with Gasteiger partial charge < -0.3 is 14.7 Å². The zero-order valence-corrected chi connectivity index (χ0v) is 22.4. The van der Waals surface area contributed by atoms with Gasteiger partial charge in [0.05, 0.1) is 17.0 Å². The van der Waals surface area contributed by atoms with Gasteiger partial charge in [-0.1, -0.05) is 49.2 Å². The third-order valence-electron chi connectivity index (χ3n) is 7.51. The average molecular weight is 560 g/mol. The predicted molar refractivity (Wildman–Crippen MR) is 146 cm³/mol. The summed E-state index contributed by atoms with van der Waals surface area (Å²) in [5.41, 5.74) is 4.55. The molecule has 3 aromatic carbocycles. The van der Waals surface area contributed by atoms with Gasteiger partial charge >= 0.3 is 6.36 Å². The van der Waals surface area contributed by atoms with Crippen LogP contribution in [0.5, 0.6) is 5.75 Å². The molecule has 5 rings (SSSR count). The van der Waals surface area contributed by atoms with E-state index in [1.807, 2.05) is 24.3 Å². The van der Waals surface area contributed by atoms with Crippen LogP contribution in [0.25, 0.3) is 0 Å². The zero-order chi connectivity index (χ0) is 27.6. The highest BCUT2D eigenvalue weighted by Crippen LogP contribution is 2.40. The summed E-state index contributed by atoms with van der Waals surface area (Å²) >= 11 is 0. The predicted octanol–water partition coefficient (Wildman–Crippen LogP) is 6.16. The highest BCUT2D eigenvalue weighted by atomic mass is 32.2. The molecule has 0 amide bonds. The smallest absolute Gasteiger partial charge is 0.406 e. The number of aliphatic hydroxyl groups excluding tert-OH is 1.